The van der Waals surface area contributed by atoms with E-state index < -0.39 is 0 Å². The van der Waals surface area contributed by atoms with Crippen LogP contribution in [0.2, 0.25) is 0 Å². The van der Waals surface area contributed by atoms with Gasteiger partial charge in [-0.2, -0.15) is 0 Å². The second-order valence-electron chi connectivity index (χ2n) is 2.93. The van der Waals surface area contributed by atoms with Crippen LogP contribution in [0, 0.1) is 0 Å². The maximum atomic E-state index is 11.1. The van der Waals surface area contributed by atoms with Gasteiger partial charge in [-0.25, -0.2) is 0 Å². The van der Waals surface area contributed by atoms with Crippen molar-refractivity contribution in [1.29, 1.82) is 0 Å². The summed E-state index contributed by atoms with van der Waals surface area (Å²) in [6.07, 6.45) is 3.33. The quantitative estimate of drug-likeness (QED) is 0.700. The van der Waals surface area contributed by atoms with Gasteiger partial charge < -0.3 is 10.7 Å². The van der Waals surface area contributed by atoms with Crippen LogP contribution in [0.15, 0.2) is 41.5 Å². The van der Waals surface area contributed by atoms with Crippen molar-refractivity contribution in [2.75, 3.05) is 5.73 Å². The molecular weight excluding hydrogens is 178 g/mol. The number of nitrogens with two attached hydrogens (primary N) is 1. The molecule has 70 valence electrons. The predicted molar refractivity (Wildman–Crippen MR) is 54.7 cm³/mol. The number of aromatic nitrogens is 2. The Morgan fingerprint density at radius 2 is 1.93 bits per heavy atom. The average molecular weight is 187 g/mol. The molecule has 2 aromatic rings. The second kappa shape index (κ2) is 3.33. The summed E-state index contributed by atoms with van der Waals surface area (Å²) >= 11 is 0. The van der Waals surface area contributed by atoms with E-state index in [-0.39, 0.29) is 5.56 Å². The van der Waals surface area contributed by atoms with E-state index in [2.05, 4.69) is 9.97 Å². The Balaban J connectivity index is 2.58. The maximum Gasteiger partial charge on any atom is 0.250 e. The molecule has 4 heteroatoms. The van der Waals surface area contributed by atoms with E-state index in [0.717, 1.165) is 5.56 Å². The highest BCUT2D eigenvalue weighted by atomic mass is 16.1. The molecule has 0 bridgehead atoms. The number of hydrogen-bond donors (Lipinski definition) is 2. The van der Waals surface area contributed by atoms with Crippen molar-refractivity contribution in [1.82, 2.24) is 9.97 Å². The van der Waals surface area contributed by atoms with Gasteiger partial charge in [-0.15, -0.1) is 0 Å². The highest BCUT2D eigenvalue weighted by Crippen LogP contribution is 2.15. The van der Waals surface area contributed by atoms with Crippen LogP contribution in [0.1, 0.15) is 0 Å². The number of hydrogen-bond acceptors (Lipinski definition) is 3. The number of nitrogen functional groups attached to an aromatic ring is 1. The third kappa shape index (κ3) is 1.64. The normalized spacial score (nSPS) is 10.0. The maximum absolute atomic E-state index is 11.1. The van der Waals surface area contributed by atoms with E-state index in [1.54, 1.807) is 18.5 Å². The molecule has 0 aliphatic rings. The third-order valence-corrected chi connectivity index (χ3v) is 1.86. The summed E-state index contributed by atoms with van der Waals surface area (Å²) in [6.45, 7) is 0. The van der Waals surface area contributed by atoms with E-state index in [1.807, 2.05) is 12.1 Å². The Labute approximate surface area is 80.4 Å². The highest BCUT2D eigenvalue weighted by Gasteiger charge is 1.98. The summed E-state index contributed by atoms with van der Waals surface area (Å²) in [4.78, 5) is 17.7. The SMILES string of the molecule is Nc1cc(-c2ccncc2)[nH]c(=O)c1. The van der Waals surface area contributed by atoms with Crippen LogP contribution in [0.25, 0.3) is 11.3 Å². The summed E-state index contributed by atoms with van der Waals surface area (Å²) < 4.78 is 0. The molecule has 0 aromatic carbocycles. The van der Waals surface area contributed by atoms with Gasteiger partial charge in [0, 0.05) is 29.7 Å². The van der Waals surface area contributed by atoms with Gasteiger partial charge in [-0.1, -0.05) is 0 Å². The lowest BCUT2D eigenvalue weighted by Gasteiger charge is -2.01. The van der Waals surface area contributed by atoms with E-state index in [4.69, 9.17) is 5.73 Å². The molecule has 2 heterocycles. The van der Waals surface area contributed by atoms with Gasteiger partial charge in [0.05, 0.1) is 5.69 Å². The largest absolute Gasteiger partial charge is 0.399 e. The number of nitrogens with zero attached hydrogens (tertiary/aromatic N) is 1. The number of aromatic amines is 1. The molecule has 2 rings (SSSR count). The zero-order chi connectivity index (χ0) is 9.97. The summed E-state index contributed by atoms with van der Waals surface area (Å²) in [5.41, 5.74) is 7.42. The minimum absolute atomic E-state index is 0.197. The molecule has 0 saturated carbocycles. The minimum atomic E-state index is -0.197. The van der Waals surface area contributed by atoms with Crippen molar-refractivity contribution >= 4 is 5.69 Å². The standard InChI is InChI=1S/C10H9N3O/c11-8-5-9(13-10(14)6-8)7-1-3-12-4-2-7/h1-6H,(H3,11,13,14). The van der Waals surface area contributed by atoms with Gasteiger partial charge in [0.2, 0.25) is 5.56 Å². The lowest BCUT2D eigenvalue weighted by Crippen LogP contribution is -2.06. The van der Waals surface area contributed by atoms with Gasteiger partial charge in [0.15, 0.2) is 0 Å². The second-order valence-corrected chi connectivity index (χ2v) is 2.93. The van der Waals surface area contributed by atoms with E-state index in [9.17, 15) is 4.79 Å². The molecule has 14 heavy (non-hydrogen) atoms. The number of H-pyrrole nitrogens is 1. The van der Waals surface area contributed by atoms with E-state index in [1.165, 1.54) is 6.07 Å². The van der Waals surface area contributed by atoms with Crippen molar-refractivity contribution in [2.24, 2.45) is 0 Å². The number of anilines is 1. The van der Waals surface area contributed by atoms with Crippen molar-refractivity contribution < 1.29 is 0 Å². The van der Waals surface area contributed by atoms with Crippen LogP contribution in [0.5, 0.6) is 0 Å². The summed E-state index contributed by atoms with van der Waals surface area (Å²) in [5, 5.41) is 0. The topological polar surface area (TPSA) is 71.8 Å². The molecule has 4 nitrogen and oxygen atoms in total. The predicted octanol–water partition coefficient (Wildman–Crippen LogP) is 1.02. The van der Waals surface area contributed by atoms with Gasteiger partial charge >= 0.3 is 0 Å². The molecule has 0 aliphatic heterocycles. The van der Waals surface area contributed by atoms with Crippen LogP contribution in [-0.2, 0) is 0 Å². The number of pyridine rings is 2. The Kier molecular flexibility index (Phi) is 2.02. The third-order valence-electron chi connectivity index (χ3n) is 1.86. The number of nitrogens with one attached hydrogen (secondary N) is 1. The van der Waals surface area contributed by atoms with Gasteiger partial charge in [-0.3, -0.25) is 9.78 Å². The van der Waals surface area contributed by atoms with Crippen molar-refractivity contribution in [3.8, 4) is 11.3 Å². The number of rotatable bonds is 1. The molecule has 3 N–H and O–H groups in total. The van der Waals surface area contributed by atoms with Gasteiger partial charge in [0.25, 0.3) is 0 Å². The van der Waals surface area contributed by atoms with Gasteiger partial charge in [0.1, 0.15) is 0 Å². The Morgan fingerprint density at radius 3 is 2.57 bits per heavy atom. The molecule has 2 aromatic heterocycles. The minimum Gasteiger partial charge on any atom is -0.399 e. The fraction of sp³-hybridized carbons (Fsp3) is 0. The molecule has 0 radical (unpaired) electrons. The smallest absolute Gasteiger partial charge is 0.250 e. The zero-order valence-corrected chi connectivity index (χ0v) is 7.40. The molecule has 0 atom stereocenters. The Morgan fingerprint density at radius 1 is 1.21 bits per heavy atom. The Bertz CT molecular complexity index is 490. The fourth-order valence-corrected chi connectivity index (χ4v) is 1.25. The first-order valence-corrected chi connectivity index (χ1v) is 4.16. The first-order chi connectivity index (χ1) is 6.75. The highest BCUT2D eigenvalue weighted by molar-refractivity contribution is 5.62. The molecule has 0 unspecified atom stereocenters. The van der Waals surface area contributed by atoms with Crippen molar-refractivity contribution in [3.63, 3.8) is 0 Å². The van der Waals surface area contributed by atoms with Crippen LogP contribution >= 0.6 is 0 Å². The van der Waals surface area contributed by atoms with Crippen molar-refractivity contribution in [3.05, 3.63) is 47.0 Å². The van der Waals surface area contributed by atoms with Crippen LogP contribution in [0.3, 0.4) is 0 Å². The fourth-order valence-electron chi connectivity index (χ4n) is 1.25. The summed E-state index contributed by atoms with van der Waals surface area (Å²) in [5.74, 6) is 0. The van der Waals surface area contributed by atoms with Crippen LogP contribution in [-0.4, -0.2) is 9.97 Å². The average Bonchev–Trinajstić information content (AvgIpc) is 2.18. The Hall–Kier alpha value is -2.10. The summed E-state index contributed by atoms with van der Waals surface area (Å²) in [6, 6.07) is 6.69. The molecule has 0 spiro atoms. The van der Waals surface area contributed by atoms with Crippen molar-refractivity contribution in [2.45, 2.75) is 0 Å². The first-order valence-electron chi connectivity index (χ1n) is 4.16. The zero-order valence-electron chi connectivity index (χ0n) is 7.40. The molecule has 0 saturated heterocycles. The molecule has 0 aliphatic carbocycles. The molecule has 0 amide bonds. The molecular formula is C10H9N3O. The lowest BCUT2D eigenvalue weighted by atomic mass is 10.2. The van der Waals surface area contributed by atoms with E-state index in [0.29, 0.717) is 11.4 Å². The van der Waals surface area contributed by atoms with Gasteiger partial charge in [-0.05, 0) is 18.2 Å². The first kappa shape index (κ1) is 8.50. The van der Waals surface area contributed by atoms with E-state index >= 15 is 0 Å². The van der Waals surface area contributed by atoms with Crippen LogP contribution in [0.4, 0.5) is 5.69 Å². The monoisotopic (exact) mass is 187 g/mol. The lowest BCUT2D eigenvalue weighted by molar-refractivity contribution is 1.23. The molecule has 0 fully saturated rings. The van der Waals surface area contributed by atoms with Crippen LogP contribution < -0.4 is 11.3 Å². The summed E-state index contributed by atoms with van der Waals surface area (Å²) in [7, 11) is 0.